The molecule has 1 aliphatic rings. The van der Waals surface area contributed by atoms with Crippen LogP contribution >= 0.6 is 34.4 Å². The van der Waals surface area contributed by atoms with Gasteiger partial charge >= 0.3 is 0 Å². The van der Waals surface area contributed by atoms with Gasteiger partial charge in [0, 0.05) is 29.0 Å². The van der Waals surface area contributed by atoms with E-state index in [0.29, 0.717) is 0 Å². The largest absolute Gasteiger partial charge is 0.339 e. The third-order valence-electron chi connectivity index (χ3n) is 2.25. The van der Waals surface area contributed by atoms with Crippen LogP contribution in [0.4, 0.5) is 0 Å². The van der Waals surface area contributed by atoms with Crippen LogP contribution in [0.2, 0.25) is 0 Å². The lowest BCUT2D eigenvalue weighted by molar-refractivity contribution is 0.342. The highest BCUT2D eigenvalue weighted by Crippen LogP contribution is 2.25. The summed E-state index contributed by atoms with van der Waals surface area (Å²) in [5.74, 6) is 4.14. The first kappa shape index (κ1) is 9.76. The van der Waals surface area contributed by atoms with E-state index in [2.05, 4.69) is 32.7 Å². The second kappa shape index (κ2) is 4.63. The van der Waals surface area contributed by atoms with Crippen molar-refractivity contribution in [3.8, 4) is 0 Å². The Bertz CT molecular complexity index is 273. The van der Waals surface area contributed by atoms with Gasteiger partial charge in [-0.3, -0.25) is 0 Å². The third kappa shape index (κ3) is 2.83. The SMILES string of the molecule is Ic1noc(CC2CCSCC2)n1. The Hall–Kier alpha value is 0.220. The predicted octanol–water partition coefficient (Wildman–Crippen LogP) is 2.36. The van der Waals surface area contributed by atoms with Crippen molar-refractivity contribution in [2.45, 2.75) is 19.3 Å². The molecule has 0 unspecified atom stereocenters. The van der Waals surface area contributed by atoms with E-state index in [1.807, 2.05) is 11.8 Å². The molecule has 0 radical (unpaired) electrons. The number of hydrogen-bond acceptors (Lipinski definition) is 4. The molecule has 1 saturated heterocycles. The molecule has 72 valence electrons. The summed E-state index contributed by atoms with van der Waals surface area (Å²) in [5, 5.41) is 3.78. The van der Waals surface area contributed by atoms with Crippen LogP contribution in [0.3, 0.4) is 0 Å². The lowest BCUT2D eigenvalue weighted by Crippen LogP contribution is -2.12. The quantitative estimate of drug-likeness (QED) is 0.786. The van der Waals surface area contributed by atoms with Gasteiger partial charge in [0.05, 0.1) is 0 Å². The van der Waals surface area contributed by atoms with Gasteiger partial charge < -0.3 is 4.52 Å². The Kier molecular flexibility index (Phi) is 3.48. The van der Waals surface area contributed by atoms with Crippen LogP contribution in [0.5, 0.6) is 0 Å². The highest BCUT2D eigenvalue weighted by Gasteiger charge is 2.17. The summed E-state index contributed by atoms with van der Waals surface area (Å²) in [4.78, 5) is 4.21. The van der Waals surface area contributed by atoms with E-state index in [1.165, 1.54) is 24.3 Å². The number of thioether (sulfide) groups is 1. The van der Waals surface area contributed by atoms with Gasteiger partial charge in [0.25, 0.3) is 0 Å². The van der Waals surface area contributed by atoms with E-state index in [-0.39, 0.29) is 0 Å². The second-order valence-corrected chi connectivity index (χ2v) is 5.41. The van der Waals surface area contributed by atoms with Crippen LogP contribution in [0.1, 0.15) is 18.7 Å². The molecule has 3 nitrogen and oxygen atoms in total. The average molecular weight is 310 g/mol. The topological polar surface area (TPSA) is 38.9 Å². The van der Waals surface area contributed by atoms with Crippen molar-refractivity contribution in [2.24, 2.45) is 5.92 Å². The van der Waals surface area contributed by atoms with E-state index in [4.69, 9.17) is 4.52 Å². The molecule has 13 heavy (non-hydrogen) atoms. The highest BCUT2D eigenvalue weighted by molar-refractivity contribution is 14.1. The minimum absolute atomic E-state index is 0.720. The van der Waals surface area contributed by atoms with Crippen LogP contribution in [-0.4, -0.2) is 21.6 Å². The molecule has 0 aromatic carbocycles. The fourth-order valence-electron chi connectivity index (χ4n) is 1.51. The Morgan fingerprint density at radius 3 is 2.85 bits per heavy atom. The summed E-state index contributed by atoms with van der Waals surface area (Å²) in [7, 11) is 0. The number of nitrogens with zero attached hydrogens (tertiary/aromatic N) is 2. The van der Waals surface area contributed by atoms with Gasteiger partial charge in [-0.05, 0) is 30.3 Å². The number of hydrogen-bond donors (Lipinski definition) is 0. The Morgan fingerprint density at radius 1 is 1.46 bits per heavy atom. The van der Waals surface area contributed by atoms with Crippen molar-refractivity contribution in [3.05, 3.63) is 9.72 Å². The second-order valence-electron chi connectivity index (χ2n) is 3.22. The first-order valence-electron chi connectivity index (χ1n) is 4.40. The number of halogens is 1. The Balaban J connectivity index is 1.89. The molecule has 0 aliphatic carbocycles. The normalized spacial score (nSPS) is 19.2. The molecule has 2 rings (SSSR count). The van der Waals surface area contributed by atoms with Crippen molar-refractivity contribution in [3.63, 3.8) is 0 Å². The van der Waals surface area contributed by atoms with E-state index in [9.17, 15) is 0 Å². The molecular formula is C8H11IN2OS. The summed E-state index contributed by atoms with van der Waals surface area (Å²) in [5.41, 5.74) is 0. The van der Waals surface area contributed by atoms with Crippen LogP contribution in [0.25, 0.3) is 0 Å². The molecule has 1 aromatic rings. The minimum Gasteiger partial charge on any atom is -0.339 e. The molecule has 1 aromatic heterocycles. The minimum atomic E-state index is 0.720. The Labute approximate surface area is 95.2 Å². The van der Waals surface area contributed by atoms with Gasteiger partial charge in [0.2, 0.25) is 9.72 Å². The smallest absolute Gasteiger partial charge is 0.232 e. The van der Waals surface area contributed by atoms with Gasteiger partial charge in [-0.25, -0.2) is 0 Å². The Morgan fingerprint density at radius 2 is 2.23 bits per heavy atom. The molecule has 0 spiro atoms. The standard InChI is InChI=1S/C8H11IN2OS/c9-8-10-7(12-11-8)5-6-1-3-13-4-2-6/h6H,1-5H2. The van der Waals surface area contributed by atoms with Crippen molar-refractivity contribution in [1.29, 1.82) is 0 Å². The van der Waals surface area contributed by atoms with E-state index in [0.717, 1.165) is 22.1 Å². The van der Waals surface area contributed by atoms with Crippen molar-refractivity contribution in [2.75, 3.05) is 11.5 Å². The molecule has 2 heterocycles. The summed E-state index contributed by atoms with van der Waals surface area (Å²) in [6, 6.07) is 0. The molecule has 1 fully saturated rings. The fourth-order valence-corrected chi connectivity index (χ4v) is 3.09. The lowest BCUT2D eigenvalue weighted by Gasteiger charge is -2.19. The molecule has 0 N–H and O–H groups in total. The zero-order valence-electron chi connectivity index (χ0n) is 7.20. The molecule has 0 saturated carbocycles. The zero-order chi connectivity index (χ0) is 9.10. The average Bonchev–Trinajstić information content (AvgIpc) is 2.53. The van der Waals surface area contributed by atoms with Gasteiger partial charge in [0.1, 0.15) is 0 Å². The van der Waals surface area contributed by atoms with Gasteiger partial charge in [-0.1, -0.05) is 5.16 Å². The fraction of sp³-hybridized carbons (Fsp3) is 0.750. The predicted molar refractivity (Wildman–Crippen MR) is 60.8 cm³/mol. The van der Waals surface area contributed by atoms with Crippen LogP contribution in [-0.2, 0) is 6.42 Å². The van der Waals surface area contributed by atoms with Crippen LogP contribution in [0.15, 0.2) is 4.52 Å². The number of rotatable bonds is 2. The van der Waals surface area contributed by atoms with Crippen molar-refractivity contribution >= 4 is 34.4 Å². The van der Waals surface area contributed by atoms with E-state index in [1.54, 1.807) is 0 Å². The molecular weight excluding hydrogens is 299 g/mol. The van der Waals surface area contributed by atoms with Crippen molar-refractivity contribution in [1.82, 2.24) is 10.1 Å². The number of aromatic nitrogens is 2. The highest BCUT2D eigenvalue weighted by atomic mass is 127. The van der Waals surface area contributed by atoms with E-state index >= 15 is 0 Å². The van der Waals surface area contributed by atoms with E-state index < -0.39 is 0 Å². The van der Waals surface area contributed by atoms with Gasteiger partial charge in [-0.15, -0.1) is 0 Å². The van der Waals surface area contributed by atoms with Crippen LogP contribution < -0.4 is 0 Å². The summed E-state index contributed by atoms with van der Waals surface area (Å²) >= 11 is 4.12. The summed E-state index contributed by atoms with van der Waals surface area (Å²) in [6.07, 6.45) is 3.56. The van der Waals surface area contributed by atoms with Crippen molar-refractivity contribution < 1.29 is 4.52 Å². The summed E-state index contributed by atoms with van der Waals surface area (Å²) in [6.45, 7) is 0. The molecule has 0 bridgehead atoms. The molecule has 0 amide bonds. The zero-order valence-corrected chi connectivity index (χ0v) is 10.2. The maximum absolute atomic E-state index is 5.09. The summed E-state index contributed by atoms with van der Waals surface area (Å²) < 4.78 is 5.81. The van der Waals surface area contributed by atoms with Gasteiger partial charge in [-0.2, -0.15) is 16.7 Å². The first-order chi connectivity index (χ1) is 6.34. The maximum Gasteiger partial charge on any atom is 0.232 e. The lowest BCUT2D eigenvalue weighted by atomic mass is 9.99. The molecule has 0 atom stereocenters. The first-order valence-corrected chi connectivity index (χ1v) is 6.64. The maximum atomic E-state index is 5.09. The molecule has 5 heteroatoms. The van der Waals surface area contributed by atoms with Gasteiger partial charge in [0.15, 0.2) is 0 Å². The third-order valence-corrected chi connectivity index (χ3v) is 3.73. The van der Waals surface area contributed by atoms with Crippen LogP contribution in [0, 0.1) is 9.75 Å². The molecule has 1 aliphatic heterocycles. The monoisotopic (exact) mass is 310 g/mol.